The summed E-state index contributed by atoms with van der Waals surface area (Å²) in [5, 5.41) is 0. The number of pyridine rings is 1. The Morgan fingerprint density at radius 3 is 2.96 bits per heavy atom. The molecule has 2 aromatic rings. The van der Waals surface area contributed by atoms with Gasteiger partial charge in [-0.3, -0.25) is 19.7 Å². The predicted molar refractivity (Wildman–Crippen MR) is 102 cm³/mol. The lowest BCUT2D eigenvalue weighted by Crippen LogP contribution is -2.45. The highest BCUT2D eigenvalue weighted by molar-refractivity contribution is 5.78. The molecule has 2 aliphatic rings. The van der Waals surface area contributed by atoms with Crippen LogP contribution in [-0.4, -0.2) is 70.1 Å². The Morgan fingerprint density at radius 2 is 2.14 bits per heavy atom. The molecule has 4 heterocycles. The van der Waals surface area contributed by atoms with Crippen molar-refractivity contribution in [2.45, 2.75) is 25.8 Å². The van der Waals surface area contributed by atoms with E-state index in [1.165, 1.54) is 0 Å². The van der Waals surface area contributed by atoms with Crippen molar-refractivity contribution in [2.24, 2.45) is 0 Å². The number of hydrogen-bond acceptors (Lipinski definition) is 7. The molecule has 0 aromatic carbocycles. The van der Waals surface area contributed by atoms with Gasteiger partial charge in [0.05, 0.1) is 49.6 Å². The van der Waals surface area contributed by atoms with E-state index in [4.69, 9.17) is 9.47 Å². The number of nitrogens with zero attached hydrogens (tertiary/aromatic N) is 5. The van der Waals surface area contributed by atoms with E-state index in [1.54, 1.807) is 18.6 Å². The van der Waals surface area contributed by atoms with Gasteiger partial charge in [0.15, 0.2) is 5.75 Å². The number of morpholine rings is 1. The highest BCUT2D eigenvalue weighted by Gasteiger charge is 2.30. The minimum Gasteiger partial charge on any atom is -0.436 e. The van der Waals surface area contributed by atoms with Crippen molar-refractivity contribution in [1.29, 1.82) is 0 Å². The summed E-state index contributed by atoms with van der Waals surface area (Å²) in [6.45, 7) is 5.76. The Morgan fingerprint density at radius 1 is 1.29 bits per heavy atom. The first kappa shape index (κ1) is 18.8. The Hall–Kier alpha value is -2.58. The van der Waals surface area contributed by atoms with Gasteiger partial charge in [0.25, 0.3) is 0 Å². The molecule has 28 heavy (non-hydrogen) atoms. The Bertz CT molecular complexity index is 825. The molecular formula is C20H25N5O3. The second-order valence-electron chi connectivity index (χ2n) is 7.09. The van der Waals surface area contributed by atoms with Crippen molar-refractivity contribution >= 4 is 5.91 Å². The summed E-state index contributed by atoms with van der Waals surface area (Å²) in [4.78, 5) is 29.9. The monoisotopic (exact) mass is 383 g/mol. The molecule has 148 valence electrons. The molecule has 8 nitrogen and oxygen atoms in total. The van der Waals surface area contributed by atoms with E-state index < -0.39 is 0 Å². The van der Waals surface area contributed by atoms with Crippen molar-refractivity contribution < 1.29 is 14.3 Å². The lowest BCUT2D eigenvalue weighted by atomic mass is 10.1. The average Bonchev–Trinajstić information content (AvgIpc) is 3.19. The van der Waals surface area contributed by atoms with Gasteiger partial charge in [-0.1, -0.05) is 0 Å². The number of rotatable bonds is 5. The summed E-state index contributed by atoms with van der Waals surface area (Å²) in [6.07, 6.45) is 7.10. The number of aromatic nitrogens is 3. The van der Waals surface area contributed by atoms with Crippen LogP contribution in [-0.2, 0) is 9.53 Å². The van der Waals surface area contributed by atoms with E-state index in [9.17, 15) is 4.79 Å². The van der Waals surface area contributed by atoms with E-state index >= 15 is 0 Å². The van der Waals surface area contributed by atoms with Crippen LogP contribution in [0, 0.1) is 6.92 Å². The number of amides is 1. The van der Waals surface area contributed by atoms with Crippen molar-refractivity contribution in [1.82, 2.24) is 24.8 Å². The van der Waals surface area contributed by atoms with Gasteiger partial charge in [0.1, 0.15) is 0 Å². The number of likely N-dealkylation sites (tertiary alicyclic amines) is 1. The number of ether oxygens (including phenoxy) is 2. The normalized spacial score (nSPS) is 20.3. The van der Waals surface area contributed by atoms with Crippen LogP contribution in [0.5, 0.6) is 11.6 Å². The summed E-state index contributed by atoms with van der Waals surface area (Å²) >= 11 is 0. The Labute approximate surface area is 164 Å². The predicted octanol–water partition coefficient (Wildman–Crippen LogP) is 1.97. The van der Waals surface area contributed by atoms with Crippen LogP contribution in [0.2, 0.25) is 0 Å². The van der Waals surface area contributed by atoms with Crippen LogP contribution in [0.15, 0.2) is 30.7 Å². The maximum atomic E-state index is 12.6. The molecule has 0 N–H and O–H groups in total. The van der Waals surface area contributed by atoms with Crippen LogP contribution < -0.4 is 4.74 Å². The number of hydrogen-bond donors (Lipinski definition) is 0. The van der Waals surface area contributed by atoms with Gasteiger partial charge in [0.2, 0.25) is 11.8 Å². The molecule has 4 rings (SSSR count). The lowest BCUT2D eigenvalue weighted by molar-refractivity contribution is -0.136. The lowest BCUT2D eigenvalue weighted by Gasteiger charge is -2.30. The molecule has 2 fully saturated rings. The topological polar surface area (TPSA) is 80.7 Å². The summed E-state index contributed by atoms with van der Waals surface area (Å²) in [5.74, 6) is 1.27. The van der Waals surface area contributed by atoms with Crippen molar-refractivity contribution in [3.8, 4) is 11.6 Å². The second-order valence-corrected chi connectivity index (χ2v) is 7.09. The number of aryl methyl sites for hydroxylation is 1. The highest BCUT2D eigenvalue weighted by Crippen LogP contribution is 2.31. The molecule has 0 bridgehead atoms. The molecule has 8 heteroatoms. The average molecular weight is 383 g/mol. The third kappa shape index (κ3) is 4.28. The van der Waals surface area contributed by atoms with E-state index in [-0.39, 0.29) is 11.9 Å². The SMILES string of the molecule is Cc1ncccc1Oc1cncc(C2CCCN2CC(=O)N2CCOCC2)n1. The molecule has 2 aliphatic heterocycles. The van der Waals surface area contributed by atoms with E-state index in [1.807, 2.05) is 24.0 Å². The fourth-order valence-electron chi connectivity index (χ4n) is 3.70. The minimum atomic E-state index is 0.0797. The zero-order valence-corrected chi connectivity index (χ0v) is 16.1. The largest absolute Gasteiger partial charge is 0.436 e. The van der Waals surface area contributed by atoms with Crippen LogP contribution >= 0.6 is 0 Å². The van der Waals surface area contributed by atoms with Gasteiger partial charge in [-0.2, -0.15) is 0 Å². The summed E-state index contributed by atoms with van der Waals surface area (Å²) in [6, 6.07) is 3.77. The van der Waals surface area contributed by atoms with Crippen LogP contribution in [0.3, 0.4) is 0 Å². The van der Waals surface area contributed by atoms with Crippen molar-refractivity contribution in [3.05, 3.63) is 42.1 Å². The summed E-state index contributed by atoms with van der Waals surface area (Å²) < 4.78 is 11.2. The van der Waals surface area contributed by atoms with Crippen LogP contribution in [0.4, 0.5) is 0 Å². The third-order valence-corrected chi connectivity index (χ3v) is 5.21. The molecule has 1 unspecified atom stereocenters. The molecule has 1 amide bonds. The fourth-order valence-corrected chi connectivity index (χ4v) is 3.70. The molecule has 2 saturated heterocycles. The number of carbonyl (C=O) groups is 1. The maximum Gasteiger partial charge on any atom is 0.238 e. The van der Waals surface area contributed by atoms with Gasteiger partial charge >= 0.3 is 0 Å². The van der Waals surface area contributed by atoms with Crippen LogP contribution in [0.25, 0.3) is 0 Å². The minimum absolute atomic E-state index is 0.0797. The first-order valence-corrected chi connectivity index (χ1v) is 9.72. The Kier molecular flexibility index (Phi) is 5.78. The molecule has 0 saturated carbocycles. The first-order chi connectivity index (χ1) is 13.7. The maximum absolute atomic E-state index is 12.6. The zero-order chi connectivity index (χ0) is 19.3. The molecule has 1 atom stereocenters. The number of carbonyl (C=O) groups excluding carboxylic acids is 1. The van der Waals surface area contributed by atoms with Crippen molar-refractivity contribution in [2.75, 3.05) is 39.4 Å². The molecule has 0 aliphatic carbocycles. The molecular weight excluding hydrogens is 358 g/mol. The standard InChI is InChI=1S/C20H25N5O3/c1-15-18(5-2-6-22-15)28-19-13-21-12-16(23-19)17-4-3-7-25(17)14-20(26)24-8-10-27-11-9-24/h2,5-6,12-13,17H,3-4,7-11,14H2,1H3. The van der Waals surface area contributed by atoms with Gasteiger partial charge < -0.3 is 14.4 Å². The third-order valence-electron chi connectivity index (χ3n) is 5.21. The van der Waals surface area contributed by atoms with Crippen molar-refractivity contribution in [3.63, 3.8) is 0 Å². The fraction of sp³-hybridized carbons (Fsp3) is 0.500. The summed E-state index contributed by atoms with van der Waals surface area (Å²) in [7, 11) is 0. The van der Waals surface area contributed by atoms with E-state index in [0.717, 1.165) is 30.8 Å². The first-order valence-electron chi connectivity index (χ1n) is 9.72. The van der Waals surface area contributed by atoms with Gasteiger partial charge in [0, 0.05) is 19.3 Å². The second kappa shape index (κ2) is 8.62. The van der Waals surface area contributed by atoms with Gasteiger partial charge in [-0.05, 0) is 38.4 Å². The summed E-state index contributed by atoms with van der Waals surface area (Å²) in [5.41, 5.74) is 1.64. The van der Waals surface area contributed by atoms with Gasteiger partial charge in [-0.25, -0.2) is 4.98 Å². The zero-order valence-electron chi connectivity index (χ0n) is 16.1. The van der Waals surface area contributed by atoms with Gasteiger partial charge in [-0.15, -0.1) is 0 Å². The van der Waals surface area contributed by atoms with E-state index in [0.29, 0.717) is 44.5 Å². The smallest absolute Gasteiger partial charge is 0.238 e. The molecule has 2 aromatic heterocycles. The van der Waals surface area contributed by atoms with E-state index in [2.05, 4.69) is 19.9 Å². The molecule has 0 radical (unpaired) electrons. The molecule has 0 spiro atoms. The quantitative estimate of drug-likeness (QED) is 0.781. The Balaban J connectivity index is 1.45. The highest BCUT2D eigenvalue weighted by atomic mass is 16.5. The van der Waals surface area contributed by atoms with Crippen LogP contribution in [0.1, 0.15) is 30.3 Å².